The molecule has 0 aliphatic carbocycles. The molecule has 19 heavy (non-hydrogen) atoms. The Morgan fingerprint density at radius 1 is 1.05 bits per heavy atom. The molecule has 0 aromatic heterocycles. The molecule has 0 aliphatic rings. The maximum atomic E-state index is 6.02. The number of hydrogen-bond donors (Lipinski definition) is 2. The van der Waals surface area contributed by atoms with Crippen molar-refractivity contribution in [1.82, 2.24) is 5.43 Å². The number of halogens is 1. The fraction of sp³-hybridized carbons (Fsp3) is 0.200. The van der Waals surface area contributed by atoms with Gasteiger partial charge in [-0.25, -0.2) is 5.43 Å². The van der Waals surface area contributed by atoms with Gasteiger partial charge in [-0.3, -0.25) is 5.84 Å². The molecular weight excluding hydrogens is 258 g/mol. The Morgan fingerprint density at radius 3 is 2.26 bits per heavy atom. The summed E-state index contributed by atoms with van der Waals surface area (Å²) in [4.78, 5) is 2.06. The third-order valence-corrected chi connectivity index (χ3v) is 3.33. The van der Waals surface area contributed by atoms with Crippen LogP contribution >= 0.6 is 11.6 Å². The topological polar surface area (TPSA) is 41.3 Å². The summed E-state index contributed by atoms with van der Waals surface area (Å²) in [6.07, 6.45) is 0. The maximum Gasteiger partial charge on any atom is 0.0710 e. The summed E-state index contributed by atoms with van der Waals surface area (Å²) in [5, 5.41) is 0.711. The number of hydrazine groups is 1. The highest BCUT2D eigenvalue weighted by atomic mass is 35.5. The normalized spacial score (nSPS) is 12.2. The first-order chi connectivity index (χ1) is 9.11. The number of nitrogens with one attached hydrogen (secondary N) is 1. The molecule has 0 spiro atoms. The van der Waals surface area contributed by atoms with Crippen molar-refractivity contribution in [3.05, 3.63) is 64.7 Å². The monoisotopic (exact) mass is 275 g/mol. The van der Waals surface area contributed by atoms with Crippen LogP contribution in [0.25, 0.3) is 0 Å². The van der Waals surface area contributed by atoms with E-state index in [0.29, 0.717) is 5.02 Å². The first-order valence-corrected chi connectivity index (χ1v) is 6.48. The molecule has 100 valence electrons. The maximum absolute atomic E-state index is 6.02. The van der Waals surface area contributed by atoms with Crippen LogP contribution in [0.15, 0.2) is 48.5 Å². The lowest BCUT2D eigenvalue weighted by atomic mass is 9.99. The van der Waals surface area contributed by atoms with Gasteiger partial charge in [0.1, 0.15) is 0 Å². The zero-order valence-corrected chi connectivity index (χ0v) is 11.9. The van der Waals surface area contributed by atoms with Crippen LogP contribution in [-0.4, -0.2) is 14.1 Å². The van der Waals surface area contributed by atoms with E-state index in [1.807, 2.05) is 38.4 Å². The molecule has 2 aromatic carbocycles. The zero-order chi connectivity index (χ0) is 13.8. The minimum absolute atomic E-state index is 0.0603. The Bertz CT molecular complexity index is 537. The quantitative estimate of drug-likeness (QED) is 0.666. The molecule has 2 aromatic rings. The van der Waals surface area contributed by atoms with Gasteiger partial charge < -0.3 is 4.90 Å². The third kappa shape index (κ3) is 3.26. The Morgan fingerprint density at radius 2 is 1.74 bits per heavy atom. The van der Waals surface area contributed by atoms with Crippen molar-refractivity contribution in [3.8, 4) is 0 Å². The van der Waals surface area contributed by atoms with Crippen molar-refractivity contribution in [1.29, 1.82) is 0 Å². The van der Waals surface area contributed by atoms with E-state index in [4.69, 9.17) is 17.4 Å². The molecule has 0 fully saturated rings. The summed E-state index contributed by atoms with van der Waals surface area (Å²) in [5.41, 5.74) is 6.15. The molecule has 0 saturated heterocycles. The highest BCUT2D eigenvalue weighted by molar-refractivity contribution is 6.30. The molecule has 0 aliphatic heterocycles. The van der Waals surface area contributed by atoms with Gasteiger partial charge in [-0.15, -0.1) is 0 Å². The summed E-state index contributed by atoms with van der Waals surface area (Å²) in [6.45, 7) is 0. The Labute approximate surface area is 119 Å². The van der Waals surface area contributed by atoms with Crippen molar-refractivity contribution >= 4 is 17.3 Å². The van der Waals surface area contributed by atoms with Crippen LogP contribution in [0.5, 0.6) is 0 Å². The number of hydrogen-bond acceptors (Lipinski definition) is 3. The Kier molecular flexibility index (Phi) is 4.43. The largest absolute Gasteiger partial charge is 0.378 e. The number of anilines is 1. The van der Waals surface area contributed by atoms with E-state index in [1.165, 1.54) is 0 Å². The van der Waals surface area contributed by atoms with Gasteiger partial charge in [0, 0.05) is 24.8 Å². The minimum atomic E-state index is -0.0603. The van der Waals surface area contributed by atoms with Crippen molar-refractivity contribution in [2.45, 2.75) is 6.04 Å². The van der Waals surface area contributed by atoms with E-state index in [2.05, 4.69) is 34.6 Å². The Balaban J connectivity index is 2.31. The molecule has 2 rings (SSSR count). The molecule has 0 radical (unpaired) electrons. The van der Waals surface area contributed by atoms with Gasteiger partial charge in [0.2, 0.25) is 0 Å². The second-order valence-corrected chi connectivity index (χ2v) is 5.08. The molecule has 1 unspecified atom stereocenters. The lowest BCUT2D eigenvalue weighted by molar-refractivity contribution is 0.637. The Hall–Kier alpha value is -1.55. The number of rotatable bonds is 4. The van der Waals surface area contributed by atoms with Gasteiger partial charge in [0.05, 0.1) is 6.04 Å². The average molecular weight is 276 g/mol. The lowest BCUT2D eigenvalue weighted by Gasteiger charge is -2.19. The highest BCUT2D eigenvalue weighted by Gasteiger charge is 2.12. The molecule has 0 heterocycles. The molecule has 0 saturated carbocycles. The second-order valence-electron chi connectivity index (χ2n) is 4.64. The van der Waals surface area contributed by atoms with Crippen LogP contribution in [0, 0.1) is 0 Å². The molecular formula is C15H18ClN3. The summed E-state index contributed by atoms with van der Waals surface area (Å²) >= 11 is 6.02. The van der Waals surface area contributed by atoms with Gasteiger partial charge in [-0.2, -0.15) is 0 Å². The van der Waals surface area contributed by atoms with Crippen LogP contribution in [0.2, 0.25) is 5.02 Å². The van der Waals surface area contributed by atoms with Gasteiger partial charge in [-0.1, -0.05) is 35.9 Å². The predicted octanol–water partition coefficient (Wildman–Crippen LogP) is 2.96. The number of nitrogens with two attached hydrogens (primary N) is 1. The van der Waals surface area contributed by atoms with E-state index >= 15 is 0 Å². The first kappa shape index (κ1) is 13.9. The predicted molar refractivity (Wildman–Crippen MR) is 81.4 cm³/mol. The van der Waals surface area contributed by atoms with Crippen LogP contribution in [0.3, 0.4) is 0 Å². The summed E-state index contributed by atoms with van der Waals surface area (Å²) in [7, 11) is 4.04. The van der Waals surface area contributed by atoms with E-state index in [9.17, 15) is 0 Å². The SMILES string of the molecule is CN(C)c1ccc(C(NN)c2cccc(Cl)c2)cc1. The fourth-order valence-electron chi connectivity index (χ4n) is 2.04. The first-order valence-electron chi connectivity index (χ1n) is 6.10. The smallest absolute Gasteiger partial charge is 0.0710 e. The van der Waals surface area contributed by atoms with Crippen LogP contribution < -0.4 is 16.2 Å². The van der Waals surface area contributed by atoms with Gasteiger partial charge in [0.25, 0.3) is 0 Å². The van der Waals surface area contributed by atoms with E-state index in [1.54, 1.807) is 0 Å². The molecule has 3 N–H and O–H groups in total. The number of nitrogens with zero attached hydrogens (tertiary/aromatic N) is 1. The molecule has 0 bridgehead atoms. The van der Waals surface area contributed by atoms with E-state index in [0.717, 1.165) is 16.8 Å². The minimum Gasteiger partial charge on any atom is -0.378 e. The lowest BCUT2D eigenvalue weighted by Crippen LogP contribution is -2.28. The van der Waals surface area contributed by atoms with E-state index < -0.39 is 0 Å². The van der Waals surface area contributed by atoms with Crippen molar-refractivity contribution in [3.63, 3.8) is 0 Å². The zero-order valence-electron chi connectivity index (χ0n) is 11.1. The summed E-state index contributed by atoms with van der Waals surface area (Å²) < 4.78 is 0. The van der Waals surface area contributed by atoms with Crippen molar-refractivity contribution in [2.24, 2.45) is 5.84 Å². The van der Waals surface area contributed by atoms with Crippen LogP contribution in [-0.2, 0) is 0 Å². The second kappa shape index (κ2) is 6.06. The van der Waals surface area contributed by atoms with Gasteiger partial charge in [-0.05, 0) is 35.4 Å². The van der Waals surface area contributed by atoms with Gasteiger partial charge >= 0.3 is 0 Å². The van der Waals surface area contributed by atoms with Crippen molar-refractivity contribution in [2.75, 3.05) is 19.0 Å². The molecule has 0 amide bonds. The summed E-state index contributed by atoms with van der Waals surface area (Å²) in [5.74, 6) is 5.68. The van der Waals surface area contributed by atoms with Gasteiger partial charge in [0.15, 0.2) is 0 Å². The van der Waals surface area contributed by atoms with E-state index in [-0.39, 0.29) is 6.04 Å². The summed E-state index contributed by atoms with van der Waals surface area (Å²) in [6, 6.07) is 15.9. The van der Waals surface area contributed by atoms with Crippen LogP contribution in [0.4, 0.5) is 5.69 Å². The highest BCUT2D eigenvalue weighted by Crippen LogP contribution is 2.25. The molecule has 4 heteroatoms. The average Bonchev–Trinajstić information content (AvgIpc) is 2.40. The fourth-order valence-corrected chi connectivity index (χ4v) is 2.23. The van der Waals surface area contributed by atoms with Crippen LogP contribution in [0.1, 0.15) is 17.2 Å². The van der Waals surface area contributed by atoms with Crippen molar-refractivity contribution < 1.29 is 0 Å². The number of benzene rings is 2. The molecule has 1 atom stereocenters. The third-order valence-electron chi connectivity index (χ3n) is 3.09. The molecule has 3 nitrogen and oxygen atoms in total. The standard InChI is InChI=1S/C15H18ClN3/c1-19(2)14-8-6-11(7-9-14)15(18-17)12-4-3-5-13(16)10-12/h3-10,15,18H,17H2,1-2H3.